The highest BCUT2D eigenvalue weighted by Crippen LogP contribution is 2.12. The molecule has 0 atom stereocenters. The van der Waals surface area contributed by atoms with Gasteiger partial charge in [0, 0.05) is 24.8 Å². The number of carbonyl (C=O) groups is 1. The third-order valence-electron chi connectivity index (χ3n) is 3.38. The number of nitrogens with one attached hydrogen (secondary N) is 2. The van der Waals surface area contributed by atoms with Gasteiger partial charge in [-0.05, 0) is 18.2 Å². The summed E-state index contributed by atoms with van der Waals surface area (Å²) in [5.41, 5.74) is 0.209. The Balaban J connectivity index is 1.88. The fourth-order valence-corrected chi connectivity index (χ4v) is 2.24. The van der Waals surface area contributed by atoms with E-state index in [9.17, 15) is 14.0 Å². The van der Waals surface area contributed by atoms with E-state index in [-0.39, 0.29) is 17.1 Å². The first-order valence-corrected chi connectivity index (χ1v) is 6.60. The molecule has 1 fully saturated rings. The lowest BCUT2D eigenvalue weighted by molar-refractivity contribution is 0.0564. The molecular formula is C14H14FN3O3. The van der Waals surface area contributed by atoms with E-state index in [0.29, 0.717) is 31.8 Å². The number of hydrogen-bond donors (Lipinski definition) is 2. The van der Waals surface area contributed by atoms with Crippen molar-refractivity contribution in [2.45, 2.75) is 0 Å². The smallest absolute Gasteiger partial charge is 0.322 e. The highest BCUT2D eigenvalue weighted by atomic mass is 19.1. The Hall–Kier alpha value is -2.41. The zero-order valence-corrected chi connectivity index (χ0v) is 11.2. The van der Waals surface area contributed by atoms with E-state index in [1.165, 1.54) is 18.3 Å². The van der Waals surface area contributed by atoms with Crippen LogP contribution in [0.5, 0.6) is 0 Å². The third kappa shape index (κ3) is 2.73. The van der Waals surface area contributed by atoms with E-state index in [2.05, 4.69) is 10.3 Å². The zero-order chi connectivity index (χ0) is 14.8. The van der Waals surface area contributed by atoms with E-state index in [1.54, 1.807) is 4.90 Å². The number of urea groups is 1. The highest BCUT2D eigenvalue weighted by Gasteiger charge is 2.18. The highest BCUT2D eigenvalue weighted by molar-refractivity contribution is 5.92. The predicted octanol–water partition coefficient (Wildman–Crippen LogP) is 1.53. The van der Waals surface area contributed by atoms with Crippen LogP contribution >= 0.6 is 0 Å². The molecule has 0 unspecified atom stereocenters. The molecule has 6 nitrogen and oxygen atoms in total. The van der Waals surface area contributed by atoms with Gasteiger partial charge >= 0.3 is 6.03 Å². The summed E-state index contributed by atoms with van der Waals surface area (Å²) in [6, 6.07) is 3.54. The number of morpholine rings is 1. The van der Waals surface area contributed by atoms with Gasteiger partial charge in [-0.2, -0.15) is 0 Å². The molecule has 0 bridgehead atoms. The second-order valence-corrected chi connectivity index (χ2v) is 4.75. The third-order valence-corrected chi connectivity index (χ3v) is 3.38. The Morgan fingerprint density at radius 3 is 2.86 bits per heavy atom. The summed E-state index contributed by atoms with van der Waals surface area (Å²) in [7, 11) is 0. The number of hydrogen-bond acceptors (Lipinski definition) is 3. The second kappa shape index (κ2) is 5.53. The van der Waals surface area contributed by atoms with Crippen LogP contribution in [0.1, 0.15) is 0 Å². The van der Waals surface area contributed by atoms with Gasteiger partial charge in [-0.1, -0.05) is 0 Å². The standard InChI is InChI=1S/C14H14FN3O3/c15-9-1-2-11-10(7-9)13(19)12(8-16-11)17-14(20)18-3-5-21-6-4-18/h1-2,7-8H,3-6H2,(H,16,19)(H,17,20). The number of aromatic nitrogens is 1. The minimum absolute atomic E-state index is 0.101. The van der Waals surface area contributed by atoms with E-state index in [1.807, 2.05) is 0 Å². The first kappa shape index (κ1) is 13.6. The molecule has 2 aromatic rings. The van der Waals surface area contributed by atoms with E-state index < -0.39 is 11.2 Å². The molecule has 0 aliphatic carbocycles. The Morgan fingerprint density at radius 1 is 1.33 bits per heavy atom. The summed E-state index contributed by atoms with van der Waals surface area (Å²) < 4.78 is 18.4. The summed E-state index contributed by atoms with van der Waals surface area (Å²) >= 11 is 0. The molecule has 1 aliphatic rings. The van der Waals surface area contributed by atoms with Gasteiger partial charge in [0.2, 0.25) is 5.43 Å². The zero-order valence-electron chi connectivity index (χ0n) is 11.2. The number of rotatable bonds is 1. The van der Waals surface area contributed by atoms with Gasteiger partial charge < -0.3 is 19.9 Å². The van der Waals surface area contributed by atoms with Crippen molar-refractivity contribution in [3.8, 4) is 0 Å². The summed E-state index contributed by atoms with van der Waals surface area (Å²) in [5, 5.41) is 2.76. The molecule has 110 valence electrons. The average molecular weight is 291 g/mol. The van der Waals surface area contributed by atoms with Crippen molar-refractivity contribution in [3.63, 3.8) is 0 Å². The number of anilines is 1. The predicted molar refractivity (Wildman–Crippen MR) is 75.9 cm³/mol. The van der Waals surface area contributed by atoms with Crippen molar-refractivity contribution in [3.05, 3.63) is 40.4 Å². The maximum Gasteiger partial charge on any atom is 0.322 e. The number of fused-ring (bicyclic) bond motifs is 1. The van der Waals surface area contributed by atoms with E-state index in [4.69, 9.17) is 4.74 Å². The topological polar surface area (TPSA) is 74.4 Å². The van der Waals surface area contributed by atoms with Gasteiger partial charge in [-0.3, -0.25) is 4.79 Å². The molecule has 0 saturated carbocycles. The van der Waals surface area contributed by atoms with Crippen LogP contribution in [0.4, 0.5) is 14.9 Å². The minimum atomic E-state index is -0.496. The molecule has 7 heteroatoms. The minimum Gasteiger partial charge on any atom is -0.378 e. The molecule has 2 amide bonds. The first-order chi connectivity index (χ1) is 10.1. The largest absolute Gasteiger partial charge is 0.378 e. The van der Waals surface area contributed by atoms with Crippen LogP contribution in [-0.4, -0.2) is 42.2 Å². The molecule has 2 heterocycles. The van der Waals surface area contributed by atoms with Gasteiger partial charge in [-0.25, -0.2) is 9.18 Å². The van der Waals surface area contributed by atoms with Crippen molar-refractivity contribution in [1.82, 2.24) is 9.88 Å². The lowest BCUT2D eigenvalue weighted by Gasteiger charge is -2.26. The van der Waals surface area contributed by atoms with E-state index in [0.717, 1.165) is 6.07 Å². The van der Waals surface area contributed by atoms with Crippen LogP contribution in [0.2, 0.25) is 0 Å². The average Bonchev–Trinajstić information content (AvgIpc) is 2.51. The van der Waals surface area contributed by atoms with Crippen LogP contribution in [-0.2, 0) is 4.74 Å². The molecule has 21 heavy (non-hydrogen) atoms. The number of halogens is 1. The van der Waals surface area contributed by atoms with Crippen LogP contribution in [0, 0.1) is 5.82 Å². The van der Waals surface area contributed by atoms with Crippen molar-refractivity contribution >= 4 is 22.6 Å². The molecule has 2 N–H and O–H groups in total. The quantitative estimate of drug-likeness (QED) is 0.836. The van der Waals surface area contributed by atoms with Crippen molar-refractivity contribution in [1.29, 1.82) is 0 Å². The first-order valence-electron chi connectivity index (χ1n) is 6.60. The monoisotopic (exact) mass is 291 g/mol. The maximum atomic E-state index is 13.2. The molecule has 1 saturated heterocycles. The SMILES string of the molecule is O=C(Nc1c[nH]c2ccc(F)cc2c1=O)N1CCOCC1. The lowest BCUT2D eigenvalue weighted by atomic mass is 10.2. The van der Waals surface area contributed by atoms with Crippen LogP contribution < -0.4 is 10.7 Å². The number of amides is 2. The lowest BCUT2D eigenvalue weighted by Crippen LogP contribution is -2.43. The number of nitrogens with zero attached hydrogens (tertiary/aromatic N) is 1. The molecule has 1 aliphatic heterocycles. The Morgan fingerprint density at radius 2 is 2.10 bits per heavy atom. The van der Waals surface area contributed by atoms with Gasteiger partial charge in [0.25, 0.3) is 0 Å². The summed E-state index contributed by atoms with van der Waals surface area (Å²) in [5.74, 6) is -0.496. The maximum absolute atomic E-state index is 13.2. The number of pyridine rings is 1. The summed E-state index contributed by atoms with van der Waals surface area (Å²) in [6.07, 6.45) is 1.42. The molecule has 1 aromatic heterocycles. The van der Waals surface area contributed by atoms with Gasteiger partial charge in [0.15, 0.2) is 0 Å². The molecule has 0 radical (unpaired) electrons. The van der Waals surface area contributed by atoms with Crippen molar-refractivity contribution < 1.29 is 13.9 Å². The van der Waals surface area contributed by atoms with Gasteiger partial charge in [0.1, 0.15) is 11.5 Å². The fraction of sp³-hybridized carbons (Fsp3) is 0.286. The summed E-state index contributed by atoms with van der Waals surface area (Å²) in [4.78, 5) is 28.7. The van der Waals surface area contributed by atoms with Gasteiger partial charge in [-0.15, -0.1) is 0 Å². The molecule has 1 aromatic carbocycles. The Bertz CT molecular complexity index is 738. The van der Waals surface area contributed by atoms with Crippen LogP contribution in [0.3, 0.4) is 0 Å². The van der Waals surface area contributed by atoms with Crippen molar-refractivity contribution in [2.75, 3.05) is 31.6 Å². The van der Waals surface area contributed by atoms with Gasteiger partial charge in [0.05, 0.1) is 18.6 Å². The van der Waals surface area contributed by atoms with Crippen LogP contribution in [0.15, 0.2) is 29.2 Å². The fourth-order valence-electron chi connectivity index (χ4n) is 2.24. The molecule has 3 rings (SSSR count). The number of benzene rings is 1. The number of ether oxygens (including phenoxy) is 1. The Labute approximate surface area is 119 Å². The summed E-state index contributed by atoms with van der Waals surface area (Å²) in [6.45, 7) is 1.91. The molecular weight excluding hydrogens is 277 g/mol. The number of carbonyl (C=O) groups excluding carboxylic acids is 1. The molecule has 0 spiro atoms. The number of aromatic amines is 1. The van der Waals surface area contributed by atoms with Crippen molar-refractivity contribution in [2.24, 2.45) is 0 Å². The second-order valence-electron chi connectivity index (χ2n) is 4.75. The number of H-pyrrole nitrogens is 1. The van der Waals surface area contributed by atoms with E-state index >= 15 is 0 Å². The van der Waals surface area contributed by atoms with Crippen LogP contribution in [0.25, 0.3) is 10.9 Å². The Kier molecular flexibility index (Phi) is 3.57. The normalized spacial score (nSPS) is 15.2.